The first-order valence-corrected chi connectivity index (χ1v) is 10.1. The van der Waals surface area contributed by atoms with Gasteiger partial charge in [0, 0.05) is 12.6 Å². The van der Waals surface area contributed by atoms with Crippen LogP contribution in [0, 0.1) is 0 Å². The van der Waals surface area contributed by atoms with Crippen LogP contribution in [-0.2, 0) is 11.3 Å². The van der Waals surface area contributed by atoms with Gasteiger partial charge in [-0.1, -0.05) is 37.3 Å². The number of benzene rings is 1. The summed E-state index contributed by atoms with van der Waals surface area (Å²) in [6.45, 7) is 7.93. The van der Waals surface area contributed by atoms with Gasteiger partial charge in [-0.15, -0.1) is 0 Å². The van der Waals surface area contributed by atoms with Crippen molar-refractivity contribution in [2.75, 3.05) is 30.4 Å². The van der Waals surface area contributed by atoms with Crippen molar-refractivity contribution in [3.8, 4) is 0 Å². The third kappa shape index (κ3) is 5.42. The highest BCUT2D eigenvalue weighted by Crippen LogP contribution is 2.23. The summed E-state index contributed by atoms with van der Waals surface area (Å²) in [4.78, 5) is 13.7. The molecule has 0 amide bonds. The quantitative estimate of drug-likeness (QED) is 0.427. The SMILES string of the molecule is CC[C@H](CO)Nc1nc(NCCOCc2ccccc2)c2ncn(C(C)C)c2n1. The Labute approximate surface area is 171 Å². The smallest absolute Gasteiger partial charge is 0.227 e. The van der Waals surface area contributed by atoms with Gasteiger partial charge in [-0.05, 0) is 25.8 Å². The molecule has 156 valence electrons. The van der Waals surface area contributed by atoms with E-state index in [9.17, 15) is 5.11 Å². The number of ether oxygens (including phenoxy) is 1. The Kier molecular flexibility index (Phi) is 7.37. The molecule has 1 aromatic carbocycles. The van der Waals surface area contributed by atoms with Crippen LogP contribution in [0.15, 0.2) is 36.7 Å². The van der Waals surface area contributed by atoms with Crippen molar-refractivity contribution in [2.24, 2.45) is 0 Å². The summed E-state index contributed by atoms with van der Waals surface area (Å²) in [5.74, 6) is 1.14. The number of fused-ring (bicyclic) bond motifs is 1. The first-order chi connectivity index (χ1) is 14.1. The van der Waals surface area contributed by atoms with Gasteiger partial charge in [0.15, 0.2) is 17.0 Å². The second-order valence-electron chi connectivity index (χ2n) is 7.21. The number of aliphatic hydroxyl groups excluding tert-OH is 1. The molecule has 0 radical (unpaired) electrons. The molecule has 8 heteroatoms. The second-order valence-corrected chi connectivity index (χ2v) is 7.21. The average molecular weight is 399 g/mol. The number of aromatic nitrogens is 4. The van der Waals surface area contributed by atoms with Crippen LogP contribution in [0.3, 0.4) is 0 Å². The molecule has 0 spiro atoms. The van der Waals surface area contributed by atoms with E-state index in [1.165, 1.54) is 0 Å². The van der Waals surface area contributed by atoms with Crippen molar-refractivity contribution in [2.45, 2.75) is 45.9 Å². The second kappa shape index (κ2) is 10.2. The monoisotopic (exact) mass is 398 g/mol. The lowest BCUT2D eigenvalue weighted by atomic mass is 10.2. The molecule has 0 saturated carbocycles. The lowest BCUT2D eigenvalue weighted by Gasteiger charge is -2.16. The molecule has 3 rings (SSSR count). The van der Waals surface area contributed by atoms with Gasteiger partial charge in [0.05, 0.1) is 32.2 Å². The van der Waals surface area contributed by atoms with Crippen molar-refractivity contribution in [3.05, 3.63) is 42.2 Å². The van der Waals surface area contributed by atoms with Crippen molar-refractivity contribution >= 4 is 22.9 Å². The van der Waals surface area contributed by atoms with Gasteiger partial charge in [0.25, 0.3) is 0 Å². The van der Waals surface area contributed by atoms with Crippen LogP contribution in [0.25, 0.3) is 11.2 Å². The van der Waals surface area contributed by atoms with Crippen LogP contribution >= 0.6 is 0 Å². The van der Waals surface area contributed by atoms with E-state index >= 15 is 0 Å². The maximum Gasteiger partial charge on any atom is 0.227 e. The summed E-state index contributed by atoms with van der Waals surface area (Å²) in [6.07, 6.45) is 2.56. The van der Waals surface area contributed by atoms with E-state index in [0.717, 1.165) is 23.1 Å². The molecule has 1 atom stereocenters. The fourth-order valence-electron chi connectivity index (χ4n) is 2.95. The zero-order chi connectivity index (χ0) is 20.6. The molecule has 0 aliphatic carbocycles. The van der Waals surface area contributed by atoms with E-state index in [-0.39, 0.29) is 18.7 Å². The number of aliphatic hydroxyl groups is 1. The number of rotatable bonds is 11. The molecule has 0 saturated heterocycles. The van der Waals surface area contributed by atoms with E-state index < -0.39 is 0 Å². The molecular formula is C21H30N6O2. The Balaban J connectivity index is 1.71. The summed E-state index contributed by atoms with van der Waals surface area (Å²) in [6, 6.07) is 10.2. The molecule has 29 heavy (non-hydrogen) atoms. The van der Waals surface area contributed by atoms with Gasteiger partial charge < -0.3 is 25.0 Å². The molecule has 0 bridgehead atoms. The van der Waals surface area contributed by atoms with Crippen LogP contribution in [0.5, 0.6) is 0 Å². The Bertz CT molecular complexity index is 893. The van der Waals surface area contributed by atoms with Gasteiger partial charge in [-0.2, -0.15) is 9.97 Å². The first-order valence-electron chi connectivity index (χ1n) is 10.1. The summed E-state index contributed by atoms with van der Waals surface area (Å²) >= 11 is 0. The maximum atomic E-state index is 9.50. The van der Waals surface area contributed by atoms with Crippen LogP contribution in [0.4, 0.5) is 11.8 Å². The summed E-state index contributed by atoms with van der Waals surface area (Å²) in [5, 5.41) is 16.0. The maximum absolute atomic E-state index is 9.50. The molecule has 0 aliphatic heterocycles. The van der Waals surface area contributed by atoms with E-state index in [4.69, 9.17) is 4.74 Å². The number of imidazole rings is 1. The van der Waals surface area contributed by atoms with Gasteiger partial charge in [0.2, 0.25) is 5.95 Å². The number of nitrogens with one attached hydrogen (secondary N) is 2. The van der Waals surface area contributed by atoms with Crippen molar-refractivity contribution in [1.29, 1.82) is 0 Å². The molecule has 0 unspecified atom stereocenters. The Hall–Kier alpha value is -2.71. The minimum Gasteiger partial charge on any atom is -0.394 e. The predicted octanol–water partition coefficient (Wildman–Crippen LogP) is 3.22. The van der Waals surface area contributed by atoms with Crippen molar-refractivity contribution in [3.63, 3.8) is 0 Å². The van der Waals surface area contributed by atoms with E-state index in [0.29, 0.717) is 31.5 Å². The zero-order valence-electron chi connectivity index (χ0n) is 17.3. The summed E-state index contributed by atoms with van der Waals surface area (Å²) < 4.78 is 7.76. The molecule has 0 aliphatic rings. The van der Waals surface area contributed by atoms with Crippen LogP contribution in [-0.4, -0.2) is 50.4 Å². The molecule has 2 heterocycles. The molecule has 2 aromatic heterocycles. The fourth-order valence-corrected chi connectivity index (χ4v) is 2.95. The van der Waals surface area contributed by atoms with Gasteiger partial charge in [-0.3, -0.25) is 0 Å². The molecule has 8 nitrogen and oxygen atoms in total. The normalized spacial score (nSPS) is 12.4. The summed E-state index contributed by atoms with van der Waals surface area (Å²) in [5.41, 5.74) is 2.64. The zero-order valence-corrected chi connectivity index (χ0v) is 17.3. The minimum atomic E-state index is -0.0927. The Morgan fingerprint density at radius 2 is 1.97 bits per heavy atom. The molecular weight excluding hydrogens is 368 g/mol. The number of anilines is 2. The molecule has 3 aromatic rings. The lowest BCUT2D eigenvalue weighted by molar-refractivity contribution is 0.130. The number of nitrogens with zero attached hydrogens (tertiary/aromatic N) is 4. The lowest BCUT2D eigenvalue weighted by Crippen LogP contribution is -2.24. The average Bonchev–Trinajstić information content (AvgIpc) is 3.17. The fraction of sp³-hybridized carbons (Fsp3) is 0.476. The van der Waals surface area contributed by atoms with Gasteiger partial charge >= 0.3 is 0 Å². The first kappa shape index (κ1) is 21.0. The highest BCUT2D eigenvalue weighted by atomic mass is 16.5. The van der Waals surface area contributed by atoms with E-state index in [1.807, 2.05) is 41.8 Å². The van der Waals surface area contributed by atoms with E-state index in [2.05, 4.69) is 39.4 Å². The highest BCUT2D eigenvalue weighted by Gasteiger charge is 2.16. The number of hydrogen-bond acceptors (Lipinski definition) is 7. The van der Waals surface area contributed by atoms with Crippen LogP contribution in [0.2, 0.25) is 0 Å². The van der Waals surface area contributed by atoms with Gasteiger partial charge in [0.1, 0.15) is 0 Å². The van der Waals surface area contributed by atoms with E-state index in [1.54, 1.807) is 6.33 Å². The van der Waals surface area contributed by atoms with Crippen molar-refractivity contribution < 1.29 is 9.84 Å². The highest BCUT2D eigenvalue weighted by molar-refractivity contribution is 5.84. The Morgan fingerprint density at radius 3 is 2.66 bits per heavy atom. The predicted molar refractivity (Wildman–Crippen MR) is 115 cm³/mol. The summed E-state index contributed by atoms with van der Waals surface area (Å²) in [7, 11) is 0. The van der Waals surface area contributed by atoms with Crippen LogP contribution in [0.1, 0.15) is 38.8 Å². The standard InChI is InChI=1S/C21H30N6O2/c1-4-17(12-28)24-21-25-19(18-20(26-21)27(14-23-18)15(2)3)22-10-11-29-13-16-8-6-5-7-9-16/h5-9,14-15,17,28H,4,10-13H2,1-3H3,(H2,22,24,25,26)/t17-/m1/s1. The third-order valence-corrected chi connectivity index (χ3v) is 4.67. The largest absolute Gasteiger partial charge is 0.394 e. The minimum absolute atomic E-state index is 0.0252. The Morgan fingerprint density at radius 1 is 1.17 bits per heavy atom. The molecule has 0 fully saturated rings. The number of hydrogen-bond donors (Lipinski definition) is 3. The van der Waals surface area contributed by atoms with Gasteiger partial charge in [-0.25, -0.2) is 4.98 Å². The van der Waals surface area contributed by atoms with Crippen molar-refractivity contribution in [1.82, 2.24) is 19.5 Å². The topological polar surface area (TPSA) is 97.1 Å². The van der Waals surface area contributed by atoms with Crippen LogP contribution < -0.4 is 10.6 Å². The third-order valence-electron chi connectivity index (χ3n) is 4.67. The molecule has 3 N–H and O–H groups in total.